The van der Waals surface area contributed by atoms with Crippen molar-refractivity contribution in [3.63, 3.8) is 0 Å². The zero-order chi connectivity index (χ0) is 26.7. The number of likely N-dealkylation sites (tertiary alicyclic amines) is 1. The van der Waals surface area contributed by atoms with E-state index in [4.69, 9.17) is 5.73 Å². The third-order valence-corrected chi connectivity index (χ3v) is 6.26. The molecule has 0 radical (unpaired) electrons. The van der Waals surface area contributed by atoms with Gasteiger partial charge >= 0.3 is 0 Å². The summed E-state index contributed by atoms with van der Waals surface area (Å²) in [4.78, 5) is 31.2. The number of aliphatic imine (C=N–C) groups is 1. The normalized spacial score (nSPS) is 24.2. The van der Waals surface area contributed by atoms with Crippen LogP contribution in [0.4, 0.5) is 17.6 Å². The van der Waals surface area contributed by atoms with E-state index in [-0.39, 0.29) is 31.0 Å². The summed E-state index contributed by atoms with van der Waals surface area (Å²) < 4.78 is 52.0. The summed E-state index contributed by atoms with van der Waals surface area (Å²) in [6.07, 6.45) is 6.27. The second kappa shape index (κ2) is 14.9. The number of alkyl halides is 2. The van der Waals surface area contributed by atoms with Crippen molar-refractivity contribution in [1.29, 1.82) is 0 Å². The van der Waals surface area contributed by atoms with Gasteiger partial charge in [0.2, 0.25) is 12.3 Å². The first-order chi connectivity index (χ1) is 17.2. The zero-order valence-corrected chi connectivity index (χ0v) is 21.3. The van der Waals surface area contributed by atoms with E-state index in [1.807, 2.05) is 4.90 Å². The van der Waals surface area contributed by atoms with Gasteiger partial charge in [0, 0.05) is 50.5 Å². The highest BCUT2D eigenvalue weighted by Crippen LogP contribution is 2.26. The Hall–Kier alpha value is -2.52. The lowest BCUT2D eigenvalue weighted by molar-refractivity contribution is -0.132. The number of carbonyl (C=O) groups is 2. The minimum absolute atomic E-state index is 0.0716. The number of amides is 2. The SMILES string of the molecule is C=N/C=C1/CN(C(=O)CC(N)CC2=CC(P)C=C(F)C(F)=C2)CCN1CCF.O=CN1CCC(F)C1. The van der Waals surface area contributed by atoms with Crippen LogP contribution in [-0.4, -0.2) is 97.6 Å². The molecule has 12 heteroatoms. The fourth-order valence-corrected chi connectivity index (χ4v) is 4.49. The van der Waals surface area contributed by atoms with Crippen molar-refractivity contribution in [3.8, 4) is 0 Å². The monoisotopic (exact) mass is 531 g/mol. The Morgan fingerprint density at radius 2 is 2.03 bits per heavy atom. The van der Waals surface area contributed by atoms with Gasteiger partial charge in [-0.15, -0.1) is 9.24 Å². The van der Waals surface area contributed by atoms with E-state index in [2.05, 4.69) is 20.9 Å². The van der Waals surface area contributed by atoms with Gasteiger partial charge < -0.3 is 20.4 Å². The molecule has 0 bridgehead atoms. The number of nitrogens with two attached hydrogens (primary N) is 1. The standard InChI is InChI=1S/C19H26F3N4OP.C5H8FNO/c1-24-11-15-12-26(5-4-25(15)3-2-20)19(27)9-14(23)6-13-7-16(28)10-18(22)17(21)8-13;6-5-1-2-7(3-5)4-8/h7-8,10-11,14,16H,1-6,9,12,23,28H2;4-5H,1-3H2/b15-11-;. The van der Waals surface area contributed by atoms with Gasteiger partial charge in [0.15, 0.2) is 11.7 Å². The van der Waals surface area contributed by atoms with E-state index in [1.165, 1.54) is 17.2 Å². The Bertz CT molecular complexity index is 911. The number of piperazine rings is 1. The number of carbonyl (C=O) groups excluding carboxylic acids is 2. The number of rotatable bonds is 8. The molecule has 7 nitrogen and oxygen atoms in total. The van der Waals surface area contributed by atoms with Crippen LogP contribution < -0.4 is 5.73 Å². The van der Waals surface area contributed by atoms with E-state index in [0.29, 0.717) is 51.1 Å². The molecule has 36 heavy (non-hydrogen) atoms. The lowest BCUT2D eigenvalue weighted by atomic mass is 10.0. The van der Waals surface area contributed by atoms with Gasteiger partial charge in [0.1, 0.15) is 12.8 Å². The third kappa shape index (κ3) is 9.50. The largest absolute Gasteiger partial charge is 0.368 e. The van der Waals surface area contributed by atoms with Gasteiger partial charge in [-0.1, -0.05) is 6.08 Å². The molecule has 2 fully saturated rings. The lowest BCUT2D eigenvalue weighted by Crippen LogP contribution is -2.48. The Morgan fingerprint density at radius 3 is 2.61 bits per heavy atom. The fourth-order valence-electron chi connectivity index (χ4n) is 4.08. The second-order valence-corrected chi connectivity index (χ2v) is 9.54. The van der Waals surface area contributed by atoms with E-state index >= 15 is 0 Å². The Morgan fingerprint density at radius 1 is 1.28 bits per heavy atom. The predicted molar refractivity (Wildman–Crippen MR) is 136 cm³/mol. The van der Waals surface area contributed by atoms with Gasteiger partial charge in [-0.2, -0.15) is 0 Å². The molecule has 200 valence electrons. The smallest absolute Gasteiger partial charge is 0.224 e. The van der Waals surface area contributed by atoms with Gasteiger partial charge in [-0.25, -0.2) is 17.6 Å². The van der Waals surface area contributed by atoms with Crippen LogP contribution >= 0.6 is 9.24 Å². The van der Waals surface area contributed by atoms with Gasteiger partial charge in [0.25, 0.3) is 0 Å². The minimum atomic E-state index is -0.939. The predicted octanol–water partition coefficient (Wildman–Crippen LogP) is 2.83. The molecule has 3 rings (SSSR count). The highest BCUT2D eigenvalue weighted by Gasteiger charge is 2.26. The summed E-state index contributed by atoms with van der Waals surface area (Å²) in [6.45, 7) is 5.33. The highest BCUT2D eigenvalue weighted by atomic mass is 31.0. The average Bonchev–Trinajstić information content (AvgIpc) is 3.20. The molecule has 2 N–H and O–H groups in total. The van der Waals surface area contributed by atoms with Crippen molar-refractivity contribution < 1.29 is 27.2 Å². The average molecular weight is 532 g/mol. The molecule has 3 aliphatic rings. The molecule has 0 aromatic heterocycles. The summed E-state index contributed by atoms with van der Waals surface area (Å²) in [6, 6.07) is -0.532. The summed E-state index contributed by atoms with van der Waals surface area (Å²) >= 11 is 0. The van der Waals surface area contributed by atoms with Crippen LogP contribution in [0.25, 0.3) is 0 Å². The minimum Gasteiger partial charge on any atom is -0.368 e. The lowest BCUT2D eigenvalue weighted by Gasteiger charge is -2.37. The van der Waals surface area contributed by atoms with Crippen LogP contribution in [0.15, 0.2) is 52.3 Å². The number of halogens is 4. The van der Waals surface area contributed by atoms with E-state index in [1.54, 1.807) is 11.0 Å². The maximum atomic E-state index is 13.7. The molecule has 2 aliphatic heterocycles. The summed E-state index contributed by atoms with van der Waals surface area (Å²) in [7, 11) is 2.41. The number of allylic oxidation sites excluding steroid dienone is 5. The molecular weight excluding hydrogens is 497 g/mol. The van der Waals surface area contributed by atoms with Crippen LogP contribution in [0.1, 0.15) is 19.3 Å². The van der Waals surface area contributed by atoms with Crippen molar-refractivity contribution in [3.05, 3.63) is 47.4 Å². The van der Waals surface area contributed by atoms with E-state index in [9.17, 15) is 27.2 Å². The van der Waals surface area contributed by atoms with Crippen LogP contribution in [-0.2, 0) is 9.59 Å². The van der Waals surface area contributed by atoms with Crippen molar-refractivity contribution in [2.24, 2.45) is 10.7 Å². The summed E-state index contributed by atoms with van der Waals surface area (Å²) in [5, 5.41) is 0. The van der Waals surface area contributed by atoms with Crippen LogP contribution in [0.5, 0.6) is 0 Å². The van der Waals surface area contributed by atoms with Gasteiger partial charge in [0.05, 0.1) is 18.8 Å². The van der Waals surface area contributed by atoms with Crippen molar-refractivity contribution in [1.82, 2.24) is 14.7 Å². The van der Waals surface area contributed by atoms with Gasteiger partial charge in [-0.3, -0.25) is 14.6 Å². The molecule has 2 heterocycles. The van der Waals surface area contributed by atoms with Crippen LogP contribution in [0, 0.1) is 0 Å². The first-order valence-corrected chi connectivity index (χ1v) is 12.4. The molecule has 2 saturated heterocycles. The number of hydrogen-bond donors (Lipinski definition) is 1. The molecule has 4 unspecified atom stereocenters. The molecule has 0 saturated carbocycles. The second-order valence-electron chi connectivity index (χ2n) is 8.77. The summed E-state index contributed by atoms with van der Waals surface area (Å²) in [5.41, 5.74) is 7.03. The topological polar surface area (TPSA) is 82.2 Å². The van der Waals surface area contributed by atoms with Crippen molar-refractivity contribution in [2.45, 2.75) is 37.1 Å². The Balaban J connectivity index is 0.000000482. The van der Waals surface area contributed by atoms with Crippen LogP contribution in [0.2, 0.25) is 0 Å². The quantitative estimate of drug-likeness (QED) is 0.226. The number of nitrogens with zero attached hydrogens (tertiary/aromatic N) is 4. The highest BCUT2D eigenvalue weighted by molar-refractivity contribution is 7.18. The van der Waals surface area contributed by atoms with Gasteiger partial charge in [-0.05, 0) is 37.3 Å². The zero-order valence-electron chi connectivity index (χ0n) is 20.2. The summed E-state index contributed by atoms with van der Waals surface area (Å²) in [5.74, 6) is -1.99. The Labute approximate surface area is 211 Å². The molecule has 0 aromatic rings. The molecule has 4 atom stereocenters. The Kier molecular flexibility index (Phi) is 12.3. The molecule has 2 amide bonds. The first kappa shape index (κ1) is 29.7. The van der Waals surface area contributed by atoms with Crippen molar-refractivity contribution in [2.75, 3.05) is 45.9 Å². The van der Waals surface area contributed by atoms with E-state index in [0.717, 1.165) is 11.8 Å². The molecular formula is C24H34F4N5O2P. The fraction of sp³-hybridized carbons (Fsp3) is 0.542. The maximum Gasteiger partial charge on any atom is 0.224 e. The molecule has 1 aliphatic carbocycles. The third-order valence-electron chi connectivity index (χ3n) is 5.88. The molecule has 0 aromatic carbocycles. The maximum absolute atomic E-state index is 13.7. The molecule has 0 spiro atoms. The van der Waals surface area contributed by atoms with E-state index < -0.39 is 30.5 Å². The number of hydrogen-bond acceptors (Lipinski definition) is 5. The van der Waals surface area contributed by atoms with Crippen LogP contribution in [0.3, 0.4) is 0 Å². The first-order valence-electron chi connectivity index (χ1n) is 11.7. The van der Waals surface area contributed by atoms with Crippen molar-refractivity contribution >= 4 is 28.3 Å².